The van der Waals surface area contributed by atoms with Crippen LogP contribution in [-0.4, -0.2) is 22.3 Å². The Kier molecular flexibility index (Phi) is 2.44. The van der Waals surface area contributed by atoms with Gasteiger partial charge < -0.3 is 0 Å². The molecule has 0 radical (unpaired) electrons. The number of carbonyl (C=O) groups is 1. The molecule has 3 nitrogen and oxygen atoms in total. The second-order valence-electron chi connectivity index (χ2n) is 3.77. The largest absolute Gasteiger partial charge is 0.287 e. The lowest BCUT2D eigenvalue weighted by Gasteiger charge is -2.10. The van der Waals surface area contributed by atoms with Crippen molar-refractivity contribution in [2.45, 2.75) is 11.2 Å². The minimum atomic E-state index is 0.154. The number of benzene rings is 1. The van der Waals surface area contributed by atoms with Crippen molar-refractivity contribution in [3.05, 3.63) is 24.3 Å². The Bertz CT molecular complexity index is 521. The number of alkyl halides is 1. The molecule has 0 saturated carbocycles. The van der Waals surface area contributed by atoms with Crippen molar-refractivity contribution in [2.24, 2.45) is 0 Å². The summed E-state index contributed by atoms with van der Waals surface area (Å²) in [5, 5.41) is 0.813. The van der Waals surface area contributed by atoms with Gasteiger partial charge in [0.2, 0.25) is 5.91 Å². The van der Waals surface area contributed by atoms with E-state index in [2.05, 4.69) is 20.9 Å². The average molecular weight is 297 g/mol. The molecule has 2 aromatic rings. The van der Waals surface area contributed by atoms with Crippen LogP contribution >= 0.6 is 27.3 Å². The lowest BCUT2D eigenvalue weighted by molar-refractivity contribution is -0.117. The number of hydrogen-bond acceptors (Lipinski definition) is 3. The molecule has 16 heavy (non-hydrogen) atoms. The van der Waals surface area contributed by atoms with E-state index < -0.39 is 0 Å². The van der Waals surface area contributed by atoms with Gasteiger partial charge in [-0.3, -0.25) is 9.69 Å². The summed E-state index contributed by atoms with van der Waals surface area (Å²) in [5.41, 5.74) is 0.966. The number of rotatable bonds is 1. The molecular formula is C11H9BrN2OS. The van der Waals surface area contributed by atoms with E-state index in [9.17, 15) is 4.79 Å². The maximum Gasteiger partial charge on any atom is 0.230 e. The third-order valence-electron chi connectivity index (χ3n) is 2.59. The SMILES string of the molecule is O=C1CC(Br)CN1c1nc2ccccc2s1. The van der Waals surface area contributed by atoms with Gasteiger partial charge in [-0.25, -0.2) is 4.98 Å². The highest BCUT2D eigenvalue weighted by Gasteiger charge is 2.30. The zero-order valence-electron chi connectivity index (χ0n) is 8.39. The fourth-order valence-corrected chi connectivity index (χ4v) is 3.38. The van der Waals surface area contributed by atoms with Crippen LogP contribution in [0.1, 0.15) is 6.42 Å². The Morgan fingerprint density at radius 1 is 1.44 bits per heavy atom. The van der Waals surface area contributed by atoms with Crippen molar-refractivity contribution in [1.29, 1.82) is 0 Å². The molecule has 1 unspecified atom stereocenters. The summed E-state index contributed by atoms with van der Waals surface area (Å²) >= 11 is 5.05. The Hall–Kier alpha value is -0.940. The second kappa shape index (κ2) is 3.82. The molecule has 1 amide bonds. The van der Waals surface area contributed by atoms with Crippen LogP contribution in [0.4, 0.5) is 5.13 Å². The second-order valence-corrected chi connectivity index (χ2v) is 6.07. The predicted octanol–water partition coefficient (Wildman–Crippen LogP) is 2.80. The van der Waals surface area contributed by atoms with E-state index >= 15 is 0 Å². The number of carbonyl (C=O) groups excluding carboxylic acids is 1. The van der Waals surface area contributed by atoms with Crippen LogP contribution in [0.25, 0.3) is 10.2 Å². The highest BCUT2D eigenvalue weighted by Crippen LogP contribution is 2.32. The number of thiazole rings is 1. The molecule has 82 valence electrons. The number of para-hydroxylation sites is 1. The molecular weight excluding hydrogens is 288 g/mol. The normalized spacial score (nSPS) is 20.9. The van der Waals surface area contributed by atoms with Crippen molar-refractivity contribution in [3.8, 4) is 0 Å². The summed E-state index contributed by atoms with van der Waals surface area (Å²) in [4.78, 5) is 18.2. The maximum absolute atomic E-state index is 11.7. The third-order valence-corrected chi connectivity index (χ3v) is 4.26. The number of amides is 1. The molecule has 2 heterocycles. The molecule has 1 aliphatic rings. The fourth-order valence-electron chi connectivity index (χ4n) is 1.82. The van der Waals surface area contributed by atoms with Crippen LogP contribution in [0.3, 0.4) is 0 Å². The zero-order chi connectivity index (χ0) is 11.1. The summed E-state index contributed by atoms with van der Waals surface area (Å²) in [5.74, 6) is 0.154. The summed E-state index contributed by atoms with van der Waals surface area (Å²) in [6, 6.07) is 7.96. The molecule has 0 bridgehead atoms. The van der Waals surface area contributed by atoms with Gasteiger partial charge in [-0.1, -0.05) is 39.4 Å². The fraction of sp³-hybridized carbons (Fsp3) is 0.273. The van der Waals surface area contributed by atoms with Gasteiger partial charge in [0.05, 0.1) is 10.2 Å². The van der Waals surface area contributed by atoms with Gasteiger partial charge in [0.15, 0.2) is 5.13 Å². The van der Waals surface area contributed by atoms with Gasteiger partial charge >= 0.3 is 0 Å². The van der Waals surface area contributed by atoms with Gasteiger partial charge in [0.25, 0.3) is 0 Å². The number of anilines is 1. The molecule has 1 aliphatic heterocycles. The number of halogens is 1. The molecule has 3 rings (SSSR count). The van der Waals surface area contributed by atoms with Crippen LogP contribution < -0.4 is 4.90 Å². The van der Waals surface area contributed by atoms with Crippen LogP contribution in [-0.2, 0) is 4.79 Å². The highest BCUT2D eigenvalue weighted by molar-refractivity contribution is 9.09. The van der Waals surface area contributed by atoms with E-state index in [0.717, 1.165) is 21.9 Å². The van der Waals surface area contributed by atoms with Gasteiger partial charge in [-0.05, 0) is 12.1 Å². The topological polar surface area (TPSA) is 33.2 Å². The molecule has 1 aromatic heterocycles. The summed E-state index contributed by atoms with van der Waals surface area (Å²) in [6.07, 6.45) is 0.565. The summed E-state index contributed by atoms with van der Waals surface area (Å²) < 4.78 is 1.13. The molecule has 1 aromatic carbocycles. The highest BCUT2D eigenvalue weighted by atomic mass is 79.9. The first-order valence-electron chi connectivity index (χ1n) is 5.04. The quantitative estimate of drug-likeness (QED) is 0.758. The number of aromatic nitrogens is 1. The van der Waals surface area contributed by atoms with Crippen LogP contribution in [0.15, 0.2) is 24.3 Å². The van der Waals surface area contributed by atoms with Crippen molar-refractivity contribution < 1.29 is 4.79 Å². The number of nitrogens with zero attached hydrogens (tertiary/aromatic N) is 2. The monoisotopic (exact) mass is 296 g/mol. The molecule has 1 atom stereocenters. The number of hydrogen-bond donors (Lipinski definition) is 0. The third kappa shape index (κ3) is 1.64. The van der Waals surface area contributed by atoms with Crippen LogP contribution in [0.5, 0.6) is 0 Å². The Labute approximate surface area is 105 Å². The van der Waals surface area contributed by atoms with Crippen molar-refractivity contribution >= 4 is 48.5 Å². The van der Waals surface area contributed by atoms with E-state index in [0.29, 0.717) is 6.42 Å². The van der Waals surface area contributed by atoms with Crippen molar-refractivity contribution in [1.82, 2.24) is 4.98 Å². The lowest BCUT2D eigenvalue weighted by atomic mass is 10.3. The smallest absolute Gasteiger partial charge is 0.230 e. The van der Waals surface area contributed by atoms with Gasteiger partial charge in [0.1, 0.15) is 0 Å². The zero-order valence-corrected chi connectivity index (χ0v) is 10.8. The molecule has 0 N–H and O–H groups in total. The molecule has 1 fully saturated rings. The van der Waals surface area contributed by atoms with Crippen molar-refractivity contribution in [3.63, 3.8) is 0 Å². The van der Waals surface area contributed by atoms with E-state index in [1.807, 2.05) is 24.3 Å². The van der Waals surface area contributed by atoms with Crippen LogP contribution in [0, 0.1) is 0 Å². The standard InChI is InChI=1S/C11H9BrN2OS/c12-7-5-10(15)14(6-7)11-13-8-3-1-2-4-9(8)16-11/h1-4,7H,5-6H2. The minimum absolute atomic E-state index is 0.154. The summed E-state index contributed by atoms with van der Waals surface area (Å²) in [6.45, 7) is 0.721. The first-order valence-corrected chi connectivity index (χ1v) is 6.77. The first-order chi connectivity index (χ1) is 7.74. The predicted molar refractivity (Wildman–Crippen MR) is 69.3 cm³/mol. The minimum Gasteiger partial charge on any atom is -0.287 e. The number of fused-ring (bicyclic) bond motifs is 1. The Morgan fingerprint density at radius 2 is 2.25 bits per heavy atom. The molecule has 5 heteroatoms. The van der Waals surface area contributed by atoms with Gasteiger partial charge in [-0.15, -0.1) is 0 Å². The molecule has 0 spiro atoms. The average Bonchev–Trinajstić information content (AvgIpc) is 2.81. The van der Waals surface area contributed by atoms with E-state index in [1.54, 1.807) is 16.2 Å². The summed E-state index contributed by atoms with van der Waals surface area (Å²) in [7, 11) is 0. The van der Waals surface area contributed by atoms with Crippen LogP contribution in [0.2, 0.25) is 0 Å². The Balaban J connectivity index is 2.03. The molecule has 0 aliphatic carbocycles. The van der Waals surface area contributed by atoms with E-state index in [-0.39, 0.29) is 10.7 Å². The Morgan fingerprint density at radius 3 is 2.94 bits per heavy atom. The van der Waals surface area contributed by atoms with Gasteiger partial charge in [-0.2, -0.15) is 0 Å². The van der Waals surface area contributed by atoms with E-state index in [4.69, 9.17) is 0 Å². The van der Waals surface area contributed by atoms with E-state index in [1.165, 1.54) is 0 Å². The van der Waals surface area contributed by atoms with Gasteiger partial charge in [0, 0.05) is 17.8 Å². The first kappa shape index (κ1) is 10.2. The lowest BCUT2D eigenvalue weighted by Crippen LogP contribution is -2.24. The van der Waals surface area contributed by atoms with Crippen molar-refractivity contribution in [2.75, 3.05) is 11.4 Å². The maximum atomic E-state index is 11.7. The molecule has 1 saturated heterocycles.